The molecule has 4 nitrogen and oxygen atoms in total. The fraction of sp³-hybridized carbons (Fsp3) is 0.0800. The molecule has 0 saturated carbocycles. The van der Waals surface area contributed by atoms with Crippen molar-refractivity contribution in [3.63, 3.8) is 0 Å². The first-order valence-corrected chi connectivity index (χ1v) is 36.6. The van der Waals surface area contributed by atoms with Gasteiger partial charge in [-0.1, -0.05) is 252 Å². The Labute approximate surface area is 600 Å². The van der Waals surface area contributed by atoms with Crippen LogP contribution in [0.2, 0.25) is 0 Å². The maximum atomic E-state index is 6.37. The number of nitrogens with zero attached hydrogens (tertiary/aromatic N) is 2. The van der Waals surface area contributed by atoms with E-state index in [-0.39, 0.29) is 10.8 Å². The van der Waals surface area contributed by atoms with Crippen molar-refractivity contribution >= 4 is 137 Å². The Hall–Kier alpha value is -12.8. The van der Waals surface area contributed by atoms with Crippen LogP contribution in [-0.2, 0) is 10.8 Å². The van der Waals surface area contributed by atoms with Gasteiger partial charge in [0, 0.05) is 77.1 Å². The van der Waals surface area contributed by atoms with E-state index in [4.69, 9.17) is 8.83 Å². The zero-order chi connectivity index (χ0) is 68.6. The van der Waals surface area contributed by atoms with Crippen molar-refractivity contribution in [2.75, 3.05) is 0 Å². The van der Waals surface area contributed by atoms with Gasteiger partial charge >= 0.3 is 0 Å². The molecular weight excluding hydrogens is 1260 g/mol. The van der Waals surface area contributed by atoms with Crippen molar-refractivity contribution in [1.29, 1.82) is 0 Å². The summed E-state index contributed by atoms with van der Waals surface area (Å²) in [5, 5.41) is 17.7. The number of rotatable bonds is 4. The van der Waals surface area contributed by atoms with Gasteiger partial charge in [0.05, 0.1) is 22.1 Å². The van der Waals surface area contributed by atoms with Crippen LogP contribution >= 0.6 is 0 Å². The van der Waals surface area contributed by atoms with Crippen molar-refractivity contribution in [1.82, 2.24) is 9.13 Å². The lowest BCUT2D eigenvalue weighted by molar-refractivity contribution is 0.657. The number of hydrogen-bond donors (Lipinski definition) is 0. The third-order valence-electron chi connectivity index (χ3n) is 24.5. The molecule has 0 bridgehead atoms. The first-order valence-electron chi connectivity index (χ1n) is 36.6. The van der Waals surface area contributed by atoms with Crippen LogP contribution in [0.3, 0.4) is 0 Å². The zero-order valence-electron chi connectivity index (χ0n) is 57.9. The fourth-order valence-electron chi connectivity index (χ4n) is 20.0. The van der Waals surface area contributed by atoms with Crippen LogP contribution in [0, 0.1) is 11.8 Å². The van der Waals surface area contributed by atoms with Crippen LogP contribution in [0.4, 0.5) is 0 Å². The molecule has 0 spiro atoms. The van der Waals surface area contributed by atoms with Gasteiger partial charge in [-0.15, -0.1) is 0 Å². The average molecular weight is 1330 g/mol. The number of aromatic nitrogens is 2. The highest BCUT2D eigenvalue weighted by molar-refractivity contribution is 6.26. The van der Waals surface area contributed by atoms with Crippen LogP contribution in [0.1, 0.15) is 66.6 Å². The highest BCUT2D eigenvalue weighted by Crippen LogP contribution is 2.59. The molecule has 0 N–H and O–H groups in total. The number of para-hydroxylation sites is 4. The summed E-state index contributed by atoms with van der Waals surface area (Å²) >= 11 is 0. The number of allylic oxidation sites excluding steroid dienone is 8. The largest absolute Gasteiger partial charge is 0.456 e. The SMILES string of the molecule is CC1(C)c2cc3c(cc2-c2ccc4oc5ccccc5c4c21)c1ccccc1n3-c1cccc(-c2ccc3c4ccccc4c4ccccc4c3c2)c1.CC1(C)c2cc3c(cc2-c2ccc4oc5ccccc5c4c21)c1ccccc1n3-c1cccc(C2=CC=C3c4ccccc4C4=CC=CC2C43)c1. The van der Waals surface area contributed by atoms with E-state index in [0.717, 1.165) is 28.0 Å². The standard InChI is InChI=1S/C51H33NO.C49H33NO/c1-51(2)44-29-46-43(28-42(44)39-24-25-48-49(50(39)51)40-19-8-10-21-47(40)53-48)38-18-7-9-20-45(38)52(46)32-13-11-12-30(26-32)31-22-23-37-35-16-4-3-14-33(35)34-15-5-6-17-36(34)41(37)27-31;1-49(2)41-27-43-40(26-39(41)37-23-24-45-47(48(37)49)38-16-6-8-20-44(38)51-45)33-15-5-7-19-42(33)50(43)29-12-9-11-28(25-29)30-21-22-36-32-14-4-3-13-31(32)35-18-10-17-34(30)46(35)36/h3-29H,1-2H3;3-27,34,46H,1-2H3. The number of benzene rings is 15. The van der Waals surface area contributed by atoms with E-state index in [1.165, 1.54) is 192 Å². The van der Waals surface area contributed by atoms with Crippen molar-refractivity contribution in [3.8, 4) is 44.8 Å². The molecule has 4 heteroatoms. The smallest absolute Gasteiger partial charge is 0.135 e. The van der Waals surface area contributed by atoms with E-state index >= 15 is 0 Å². The minimum atomic E-state index is -0.216. The summed E-state index contributed by atoms with van der Waals surface area (Å²) in [6.45, 7) is 9.53. The Morgan fingerprint density at radius 3 is 1.26 bits per heavy atom. The predicted molar refractivity (Wildman–Crippen MR) is 436 cm³/mol. The Balaban J connectivity index is 0.000000127. The van der Waals surface area contributed by atoms with Gasteiger partial charge in [-0.25, -0.2) is 0 Å². The second kappa shape index (κ2) is 20.9. The molecular formula is C100H66N2O2. The van der Waals surface area contributed by atoms with Gasteiger partial charge in [0.25, 0.3) is 0 Å². The van der Waals surface area contributed by atoms with Crippen LogP contribution in [-0.4, -0.2) is 9.13 Å². The molecule has 24 rings (SSSR count). The zero-order valence-corrected chi connectivity index (χ0v) is 57.9. The van der Waals surface area contributed by atoms with Crippen LogP contribution in [0.25, 0.3) is 181 Å². The van der Waals surface area contributed by atoms with E-state index in [1.807, 2.05) is 0 Å². The number of furan rings is 2. The van der Waals surface area contributed by atoms with Crippen molar-refractivity contribution in [3.05, 3.63) is 354 Å². The summed E-state index contributed by atoms with van der Waals surface area (Å²) in [6.07, 6.45) is 11.8. The predicted octanol–water partition coefficient (Wildman–Crippen LogP) is 26.8. The summed E-state index contributed by atoms with van der Waals surface area (Å²) < 4.78 is 17.7. The molecule has 0 fully saturated rings. The lowest BCUT2D eigenvalue weighted by Crippen LogP contribution is -2.18. The Morgan fingerprint density at radius 1 is 0.279 bits per heavy atom. The molecule has 0 aliphatic heterocycles. The quantitative estimate of drug-likeness (QED) is 0.165. The minimum Gasteiger partial charge on any atom is -0.456 e. The second-order valence-corrected chi connectivity index (χ2v) is 30.5. The number of fused-ring (bicyclic) bond motifs is 29. The van der Waals surface area contributed by atoms with E-state index in [1.54, 1.807) is 0 Å². The Kier molecular flexibility index (Phi) is 11.7. The molecule has 2 unspecified atom stereocenters. The van der Waals surface area contributed by atoms with Crippen molar-refractivity contribution in [2.24, 2.45) is 11.8 Å². The molecule has 4 aromatic heterocycles. The summed E-state index contributed by atoms with van der Waals surface area (Å²) in [4.78, 5) is 0. The second-order valence-electron chi connectivity index (χ2n) is 30.5. The molecule has 488 valence electrons. The molecule has 19 aromatic rings. The molecule has 104 heavy (non-hydrogen) atoms. The molecule has 0 amide bonds. The lowest BCUT2D eigenvalue weighted by atomic mass is 9.72. The highest BCUT2D eigenvalue weighted by atomic mass is 16.3. The molecule has 2 atom stereocenters. The van der Waals surface area contributed by atoms with Gasteiger partial charge in [-0.3, -0.25) is 0 Å². The van der Waals surface area contributed by atoms with Crippen LogP contribution < -0.4 is 0 Å². The van der Waals surface area contributed by atoms with Gasteiger partial charge in [0.15, 0.2) is 0 Å². The van der Waals surface area contributed by atoms with Gasteiger partial charge < -0.3 is 18.0 Å². The summed E-state index contributed by atoms with van der Waals surface area (Å²) in [6, 6.07) is 105. The van der Waals surface area contributed by atoms with Gasteiger partial charge in [0.2, 0.25) is 0 Å². The third kappa shape index (κ3) is 7.81. The normalized spacial score (nSPS) is 16.4. The van der Waals surface area contributed by atoms with Gasteiger partial charge in [-0.2, -0.15) is 0 Å². The van der Waals surface area contributed by atoms with Crippen LogP contribution in [0.15, 0.2) is 324 Å². The maximum absolute atomic E-state index is 6.37. The van der Waals surface area contributed by atoms with Gasteiger partial charge in [-0.05, 0) is 212 Å². The minimum absolute atomic E-state index is 0.206. The first kappa shape index (κ1) is 57.9. The average Bonchev–Trinajstić information content (AvgIpc) is 1.53. The van der Waals surface area contributed by atoms with Gasteiger partial charge in [0.1, 0.15) is 22.3 Å². The molecule has 0 saturated heterocycles. The van der Waals surface area contributed by atoms with Crippen molar-refractivity contribution < 1.29 is 8.83 Å². The topological polar surface area (TPSA) is 36.1 Å². The number of hydrogen-bond acceptors (Lipinski definition) is 2. The van der Waals surface area contributed by atoms with Crippen molar-refractivity contribution in [2.45, 2.75) is 38.5 Å². The maximum Gasteiger partial charge on any atom is 0.135 e. The summed E-state index contributed by atoms with van der Waals surface area (Å²) in [5.41, 5.74) is 32.1. The highest BCUT2D eigenvalue weighted by Gasteiger charge is 2.43. The van der Waals surface area contributed by atoms with Crippen LogP contribution in [0.5, 0.6) is 0 Å². The summed E-state index contributed by atoms with van der Waals surface area (Å²) in [5.74, 6) is 0.679. The Bertz CT molecular complexity index is 7210. The first-order chi connectivity index (χ1) is 51.1. The lowest BCUT2D eigenvalue weighted by Gasteiger charge is -2.31. The van der Waals surface area contributed by atoms with E-state index in [2.05, 4.69) is 352 Å². The molecule has 4 heterocycles. The fourth-order valence-corrected chi connectivity index (χ4v) is 20.0. The molecule has 5 aliphatic carbocycles. The molecule has 0 radical (unpaired) electrons. The molecule has 5 aliphatic rings. The molecule has 15 aromatic carbocycles. The van der Waals surface area contributed by atoms with E-state index < -0.39 is 0 Å². The summed E-state index contributed by atoms with van der Waals surface area (Å²) in [7, 11) is 0. The van der Waals surface area contributed by atoms with E-state index in [9.17, 15) is 0 Å². The third-order valence-corrected chi connectivity index (χ3v) is 24.5. The Morgan fingerprint density at radius 2 is 0.712 bits per heavy atom. The monoisotopic (exact) mass is 1330 g/mol. The van der Waals surface area contributed by atoms with E-state index in [0.29, 0.717) is 11.8 Å².